The van der Waals surface area contributed by atoms with Crippen LogP contribution in [0, 0.1) is 5.82 Å². The highest BCUT2D eigenvalue weighted by atomic mass is 35.5. The summed E-state index contributed by atoms with van der Waals surface area (Å²) in [5.41, 5.74) is 5.31. The third-order valence-electron chi connectivity index (χ3n) is 1.56. The Bertz CT molecular complexity index is 280. The fourth-order valence-electron chi connectivity index (χ4n) is 0.905. The minimum absolute atomic E-state index is 0.000000000000000222. The van der Waals surface area contributed by atoms with Crippen molar-refractivity contribution in [3.05, 3.63) is 34.6 Å². The molecule has 0 aromatic heterocycles. The Morgan fingerprint density at radius 3 is 2.83 bits per heavy atom. The van der Waals surface area contributed by atoms with E-state index in [1.54, 1.807) is 6.07 Å². The van der Waals surface area contributed by atoms with Gasteiger partial charge in [0, 0.05) is 12.1 Å². The molecule has 1 aromatic carbocycles. The SMILES string of the molecule is NC[C@@H](O)c1cccc(Cl)c1F. The third kappa shape index (κ3) is 1.75. The van der Waals surface area contributed by atoms with E-state index in [1.807, 2.05) is 0 Å². The normalized spacial score (nSPS) is 13.0. The van der Waals surface area contributed by atoms with Crippen molar-refractivity contribution >= 4 is 11.6 Å². The highest BCUT2D eigenvalue weighted by molar-refractivity contribution is 6.30. The van der Waals surface area contributed by atoms with Gasteiger partial charge in [0.1, 0.15) is 5.82 Å². The van der Waals surface area contributed by atoms with Gasteiger partial charge in [-0.15, -0.1) is 0 Å². The minimum atomic E-state index is -0.983. The average molecular weight is 190 g/mol. The van der Waals surface area contributed by atoms with E-state index in [1.165, 1.54) is 12.1 Å². The zero-order chi connectivity index (χ0) is 9.14. The molecule has 0 radical (unpaired) electrons. The molecule has 0 spiro atoms. The molecule has 66 valence electrons. The Balaban J connectivity index is 3.07. The monoisotopic (exact) mass is 189 g/mol. The summed E-state index contributed by atoms with van der Waals surface area (Å²) in [5.74, 6) is -0.600. The van der Waals surface area contributed by atoms with Crippen LogP contribution in [0.3, 0.4) is 0 Å². The van der Waals surface area contributed by atoms with E-state index in [-0.39, 0.29) is 17.1 Å². The summed E-state index contributed by atoms with van der Waals surface area (Å²) < 4.78 is 13.1. The molecule has 0 aliphatic carbocycles. The smallest absolute Gasteiger partial charge is 0.147 e. The van der Waals surface area contributed by atoms with E-state index in [4.69, 9.17) is 17.3 Å². The van der Waals surface area contributed by atoms with Crippen molar-refractivity contribution < 1.29 is 9.50 Å². The quantitative estimate of drug-likeness (QED) is 0.740. The lowest BCUT2D eigenvalue weighted by Gasteiger charge is -2.09. The number of rotatable bonds is 2. The van der Waals surface area contributed by atoms with Gasteiger partial charge in [0.15, 0.2) is 0 Å². The third-order valence-corrected chi connectivity index (χ3v) is 1.86. The molecule has 12 heavy (non-hydrogen) atoms. The molecule has 0 heterocycles. The molecule has 0 unspecified atom stereocenters. The Kier molecular flexibility index (Phi) is 3.03. The molecule has 0 bridgehead atoms. The zero-order valence-corrected chi connectivity index (χ0v) is 7.05. The summed E-state index contributed by atoms with van der Waals surface area (Å²) in [6.07, 6.45) is -0.983. The van der Waals surface area contributed by atoms with Crippen LogP contribution in [-0.2, 0) is 0 Å². The predicted octanol–water partition coefficient (Wildman–Crippen LogP) is 1.47. The number of halogens is 2. The number of hydrogen-bond donors (Lipinski definition) is 2. The molecule has 0 aliphatic rings. The lowest BCUT2D eigenvalue weighted by molar-refractivity contribution is 0.182. The topological polar surface area (TPSA) is 46.2 Å². The van der Waals surface area contributed by atoms with Gasteiger partial charge in [-0.1, -0.05) is 23.7 Å². The van der Waals surface area contributed by atoms with Crippen molar-refractivity contribution in [1.29, 1.82) is 0 Å². The minimum Gasteiger partial charge on any atom is -0.387 e. The van der Waals surface area contributed by atoms with Gasteiger partial charge in [-0.2, -0.15) is 0 Å². The van der Waals surface area contributed by atoms with Crippen molar-refractivity contribution in [2.75, 3.05) is 6.54 Å². The Labute approximate surface area is 74.8 Å². The van der Waals surface area contributed by atoms with Crippen LogP contribution in [0.2, 0.25) is 5.02 Å². The van der Waals surface area contributed by atoms with Gasteiger partial charge in [-0.25, -0.2) is 4.39 Å². The van der Waals surface area contributed by atoms with Gasteiger partial charge >= 0.3 is 0 Å². The Morgan fingerprint density at radius 1 is 1.58 bits per heavy atom. The molecular formula is C8H9ClFNO. The molecule has 0 amide bonds. The van der Waals surface area contributed by atoms with Crippen molar-refractivity contribution in [3.63, 3.8) is 0 Å². The largest absolute Gasteiger partial charge is 0.387 e. The van der Waals surface area contributed by atoms with Gasteiger partial charge in [-0.3, -0.25) is 0 Å². The van der Waals surface area contributed by atoms with Crippen LogP contribution < -0.4 is 5.73 Å². The van der Waals surface area contributed by atoms with E-state index in [0.717, 1.165) is 0 Å². The van der Waals surface area contributed by atoms with Crippen molar-refractivity contribution in [1.82, 2.24) is 0 Å². The van der Waals surface area contributed by atoms with Crippen LogP contribution in [0.1, 0.15) is 11.7 Å². The second-order valence-electron chi connectivity index (χ2n) is 2.39. The highest BCUT2D eigenvalue weighted by Gasteiger charge is 2.12. The predicted molar refractivity (Wildman–Crippen MR) is 45.4 cm³/mol. The molecular weight excluding hydrogens is 181 g/mol. The first-order valence-electron chi connectivity index (χ1n) is 3.49. The number of nitrogens with two attached hydrogens (primary N) is 1. The zero-order valence-electron chi connectivity index (χ0n) is 6.30. The average Bonchev–Trinajstić information content (AvgIpc) is 2.08. The van der Waals surface area contributed by atoms with Crippen LogP contribution in [0.25, 0.3) is 0 Å². The highest BCUT2D eigenvalue weighted by Crippen LogP contribution is 2.22. The maximum Gasteiger partial charge on any atom is 0.147 e. The van der Waals surface area contributed by atoms with Crippen molar-refractivity contribution in [2.45, 2.75) is 6.10 Å². The fraction of sp³-hybridized carbons (Fsp3) is 0.250. The van der Waals surface area contributed by atoms with Crippen LogP contribution in [0.4, 0.5) is 4.39 Å². The molecule has 1 rings (SSSR count). The van der Waals surface area contributed by atoms with Gasteiger partial charge in [0.2, 0.25) is 0 Å². The van der Waals surface area contributed by atoms with Gasteiger partial charge < -0.3 is 10.8 Å². The molecule has 0 saturated heterocycles. The Morgan fingerprint density at radius 2 is 2.25 bits per heavy atom. The second kappa shape index (κ2) is 3.85. The van der Waals surface area contributed by atoms with Crippen LogP contribution >= 0.6 is 11.6 Å². The van der Waals surface area contributed by atoms with Crippen molar-refractivity contribution in [2.24, 2.45) is 5.73 Å². The Hall–Kier alpha value is -0.640. The molecule has 0 fully saturated rings. The molecule has 3 N–H and O–H groups in total. The second-order valence-corrected chi connectivity index (χ2v) is 2.80. The first-order chi connectivity index (χ1) is 5.66. The first kappa shape index (κ1) is 9.45. The lowest BCUT2D eigenvalue weighted by Crippen LogP contribution is -2.13. The van der Waals surface area contributed by atoms with Crippen molar-refractivity contribution in [3.8, 4) is 0 Å². The molecule has 1 atom stereocenters. The summed E-state index contributed by atoms with van der Waals surface area (Å²) in [6, 6.07) is 4.45. The maximum absolute atomic E-state index is 13.1. The summed E-state index contributed by atoms with van der Waals surface area (Å²) in [4.78, 5) is 0. The maximum atomic E-state index is 13.1. The summed E-state index contributed by atoms with van der Waals surface area (Å²) >= 11 is 5.49. The number of aliphatic hydroxyl groups excluding tert-OH is 1. The first-order valence-corrected chi connectivity index (χ1v) is 3.86. The van der Waals surface area contributed by atoms with E-state index in [0.29, 0.717) is 0 Å². The fourth-order valence-corrected chi connectivity index (χ4v) is 1.09. The van der Waals surface area contributed by atoms with E-state index >= 15 is 0 Å². The molecule has 4 heteroatoms. The summed E-state index contributed by atoms with van der Waals surface area (Å²) in [5, 5.41) is 9.21. The summed E-state index contributed by atoms with van der Waals surface area (Å²) in [7, 11) is 0. The van der Waals surface area contributed by atoms with E-state index in [9.17, 15) is 9.50 Å². The van der Waals surface area contributed by atoms with Crippen LogP contribution in [0.15, 0.2) is 18.2 Å². The van der Waals surface area contributed by atoms with Gasteiger partial charge in [-0.05, 0) is 6.07 Å². The van der Waals surface area contributed by atoms with Crippen LogP contribution in [-0.4, -0.2) is 11.7 Å². The molecule has 0 aliphatic heterocycles. The summed E-state index contributed by atoms with van der Waals surface area (Å²) in [6.45, 7) is -0.0166. The lowest BCUT2D eigenvalue weighted by atomic mass is 10.1. The van der Waals surface area contributed by atoms with Crippen LogP contribution in [0.5, 0.6) is 0 Å². The molecule has 1 aromatic rings. The number of benzene rings is 1. The molecule has 2 nitrogen and oxygen atoms in total. The van der Waals surface area contributed by atoms with E-state index in [2.05, 4.69) is 0 Å². The number of hydrogen-bond acceptors (Lipinski definition) is 2. The van der Waals surface area contributed by atoms with Gasteiger partial charge in [0.05, 0.1) is 11.1 Å². The van der Waals surface area contributed by atoms with Gasteiger partial charge in [0.25, 0.3) is 0 Å². The molecule has 0 saturated carbocycles. The standard InChI is InChI=1S/C8H9ClFNO/c9-6-3-1-2-5(8(6)10)7(12)4-11/h1-3,7,12H,4,11H2/t7-/m1/s1. The van der Waals surface area contributed by atoms with E-state index < -0.39 is 11.9 Å². The number of aliphatic hydroxyl groups is 1.